The molecule has 0 atom stereocenters. The first-order valence-electron chi connectivity index (χ1n) is 7.56. The van der Waals surface area contributed by atoms with E-state index in [0.29, 0.717) is 16.8 Å². The summed E-state index contributed by atoms with van der Waals surface area (Å²) in [6, 6.07) is 7.30. The quantitative estimate of drug-likeness (QED) is 0.427. The van der Waals surface area contributed by atoms with E-state index >= 15 is 0 Å². The van der Waals surface area contributed by atoms with Gasteiger partial charge in [-0.3, -0.25) is 4.98 Å². The van der Waals surface area contributed by atoms with Gasteiger partial charge in [0.05, 0.1) is 16.8 Å². The minimum atomic E-state index is -0.0269. The van der Waals surface area contributed by atoms with Crippen molar-refractivity contribution >= 4 is 11.9 Å². The smallest absolute Gasteiger partial charge is 0.323 e. The third kappa shape index (κ3) is 3.67. The summed E-state index contributed by atoms with van der Waals surface area (Å²) < 4.78 is 5.16. The maximum absolute atomic E-state index is 10.6. The van der Waals surface area contributed by atoms with E-state index in [1.807, 2.05) is 19.1 Å². The van der Waals surface area contributed by atoms with E-state index in [1.165, 1.54) is 6.26 Å². The highest BCUT2D eigenvalue weighted by molar-refractivity contribution is 6.01. The lowest BCUT2D eigenvalue weighted by atomic mass is 10.0. The van der Waals surface area contributed by atoms with Gasteiger partial charge in [0.15, 0.2) is 0 Å². The van der Waals surface area contributed by atoms with Crippen LogP contribution in [0, 0.1) is 25.7 Å². The van der Waals surface area contributed by atoms with Crippen molar-refractivity contribution in [1.82, 2.24) is 9.97 Å². The Labute approximate surface area is 145 Å². The fourth-order valence-corrected chi connectivity index (χ4v) is 2.18. The van der Waals surface area contributed by atoms with Gasteiger partial charge in [-0.2, -0.15) is 9.98 Å². The first-order chi connectivity index (χ1) is 12.0. The lowest BCUT2D eigenvalue weighted by Crippen LogP contribution is -2.13. The maximum Gasteiger partial charge on any atom is 0.323 e. The molecule has 0 saturated carbocycles. The zero-order valence-corrected chi connectivity index (χ0v) is 13.8. The van der Waals surface area contributed by atoms with Gasteiger partial charge in [-0.25, -0.2) is 0 Å². The number of phenols is 1. The highest BCUT2D eigenvalue weighted by atomic mass is 16.4. The van der Waals surface area contributed by atoms with E-state index < -0.39 is 0 Å². The third-order valence-corrected chi connectivity index (χ3v) is 3.48. The van der Waals surface area contributed by atoms with Gasteiger partial charge in [0.2, 0.25) is 0 Å². The zero-order valence-electron chi connectivity index (χ0n) is 13.8. The van der Waals surface area contributed by atoms with Crippen LogP contribution in [-0.2, 0) is 0 Å². The molecule has 0 aliphatic carbocycles. The molecular weight excluding hydrogens is 316 g/mol. The van der Waals surface area contributed by atoms with E-state index in [1.54, 1.807) is 31.5 Å². The molecule has 0 unspecified atom stereocenters. The molecule has 6 nitrogen and oxygen atoms in total. The van der Waals surface area contributed by atoms with Crippen LogP contribution in [0.3, 0.4) is 0 Å². The van der Waals surface area contributed by atoms with Gasteiger partial charge >= 0.3 is 6.01 Å². The largest absolute Gasteiger partial charge is 0.506 e. The number of benzene rings is 1. The minimum absolute atomic E-state index is 0.0269. The van der Waals surface area contributed by atoms with Crippen molar-refractivity contribution in [2.24, 2.45) is 10.7 Å². The van der Waals surface area contributed by atoms with Crippen LogP contribution in [0.1, 0.15) is 27.9 Å². The van der Waals surface area contributed by atoms with Gasteiger partial charge in [0, 0.05) is 18.0 Å². The normalized spacial score (nSPS) is 11.0. The molecule has 0 saturated heterocycles. The van der Waals surface area contributed by atoms with Crippen molar-refractivity contribution in [3.63, 3.8) is 0 Å². The van der Waals surface area contributed by atoms with E-state index in [2.05, 4.69) is 26.8 Å². The van der Waals surface area contributed by atoms with Crippen LogP contribution in [0.25, 0.3) is 0 Å². The Balaban J connectivity index is 2.00. The molecule has 3 N–H and O–H groups in total. The van der Waals surface area contributed by atoms with Crippen molar-refractivity contribution in [3.05, 3.63) is 70.9 Å². The van der Waals surface area contributed by atoms with Gasteiger partial charge in [-0.05, 0) is 37.6 Å². The topological polar surface area (TPSA) is 97.5 Å². The number of aromatic hydroxyl groups is 1. The molecule has 0 fully saturated rings. The molecule has 0 aliphatic heterocycles. The molecule has 25 heavy (non-hydrogen) atoms. The summed E-state index contributed by atoms with van der Waals surface area (Å²) in [5.74, 6) is 6.02. The lowest BCUT2D eigenvalue weighted by Gasteiger charge is -2.08. The van der Waals surface area contributed by atoms with Gasteiger partial charge < -0.3 is 15.3 Å². The number of phenolic OH excluding ortho intramolecular Hbond substituents is 1. The zero-order chi connectivity index (χ0) is 17.8. The SMILES string of the molecule is Cc1coc(/N=C(\N)c2ccc(C)c(C#Cc3cccnc3)c2O)n1. The highest BCUT2D eigenvalue weighted by Gasteiger charge is 2.13. The fraction of sp³-hybridized carbons (Fsp3) is 0.105. The molecule has 6 heteroatoms. The molecule has 0 amide bonds. The number of aryl methyl sites for hydroxylation is 2. The highest BCUT2D eigenvalue weighted by Crippen LogP contribution is 2.26. The summed E-state index contributed by atoms with van der Waals surface area (Å²) in [5, 5.41) is 10.6. The maximum atomic E-state index is 10.6. The van der Waals surface area contributed by atoms with Gasteiger partial charge in [0.25, 0.3) is 0 Å². The molecule has 3 aromatic rings. The third-order valence-electron chi connectivity index (χ3n) is 3.48. The van der Waals surface area contributed by atoms with E-state index in [-0.39, 0.29) is 17.6 Å². The Morgan fingerprint density at radius 3 is 2.76 bits per heavy atom. The molecule has 0 bridgehead atoms. The molecule has 0 aliphatic rings. The van der Waals surface area contributed by atoms with Crippen molar-refractivity contribution in [3.8, 4) is 17.6 Å². The number of amidine groups is 1. The average Bonchev–Trinajstić information content (AvgIpc) is 3.00. The second kappa shape index (κ2) is 6.89. The number of aromatic nitrogens is 2. The van der Waals surface area contributed by atoms with Gasteiger partial charge in [0.1, 0.15) is 17.8 Å². The lowest BCUT2D eigenvalue weighted by molar-refractivity contribution is 0.472. The molecular formula is C19H16N4O2. The molecule has 2 aromatic heterocycles. The Morgan fingerprint density at radius 1 is 1.24 bits per heavy atom. The number of rotatable bonds is 2. The Hall–Kier alpha value is -3.59. The molecule has 0 radical (unpaired) electrons. The number of pyridine rings is 1. The number of hydrogen-bond acceptors (Lipinski definition) is 5. The summed E-state index contributed by atoms with van der Waals surface area (Å²) in [6.45, 7) is 3.65. The summed E-state index contributed by atoms with van der Waals surface area (Å²) >= 11 is 0. The summed E-state index contributed by atoms with van der Waals surface area (Å²) in [5.41, 5.74) is 9.14. The van der Waals surface area contributed by atoms with Crippen LogP contribution in [0.5, 0.6) is 5.75 Å². The van der Waals surface area contributed by atoms with Crippen LogP contribution < -0.4 is 5.73 Å². The van der Waals surface area contributed by atoms with E-state index in [9.17, 15) is 5.11 Å². The first kappa shape index (κ1) is 16.3. The van der Waals surface area contributed by atoms with Crippen LogP contribution in [0.4, 0.5) is 6.01 Å². The molecule has 3 rings (SSSR count). The predicted molar refractivity (Wildman–Crippen MR) is 94.7 cm³/mol. The van der Waals surface area contributed by atoms with Crippen LogP contribution >= 0.6 is 0 Å². The molecule has 124 valence electrons. The first-order valence-corrected chi connectivity index (χ1v) is 7.56. The summed E-state index contributed by atoms with van der Waals surface area (Å²) in [6.07, 6.45) is 4.81. The van der Waals surface area contributed by atoms with Crippen molar-refractivity contribution in [2.45, 2.75) is 13.8 Å². The number of oxazole rings is 1. The van der Waals surface area contributed by atoms with Gasteiger partial charge in [-0.15, -0.1) is 0 Å². The Kier molecular flexibility index (Phi) is 4.48. The Bertz CT molecular complexity index is 995. The number of hydrogen-bond donors (Lipinski definition) is 2. The molecule has 2 heterocycles. The fourth-order valence-electron chi connectivity index (χ4n) is 2.18. The number of nitrogens with two attached hydrogens (primary N) is 1. The van der Waals surface area contributed by atoms with Crippen LogP contribution in [0.2, 0.25) is 0 Å². The van der Waals surface area contributed by atoms with Crippen molar-refractivity contribution in [2.75, 3.05) is 0 Å². The number of aliphatic imine (C=N–C) groups is 1. The monoisotopic (exact) mass is 332 g/mol. The van der Waals surface area contributed by atoms with Crippen LogP contribution in [0.15, 0.2) is 52.3 Å². The second-order valence-corrected chi connectivity index (χ2v) is 5.41. The van der Waals surface area contributed by atoms with E-state index in [0.717, 1.165) is 11.1 Å². The van der Waals surface area contributed by atoms with Crippen molar-refractivity contribution < 1.29 is 9.52 Å². The Morgan fingerprint density at radius 2 is 2.08 bits per heavy atom. The summed E-state index contributed by atoms with van der Waals surface area (Å²) in [4.78, 5) is 12.2. The van der Waals surface area contributed by atoms with Gasteiger partial charge in [-0.1, -0.05) is 17.9 Å². The predicted octanol–water partition coefficient (Wildman–Crippen LogP) is 2.83. The summed E-state index contributed by atoms with van der Waals surface area (Å²) in [7, 11) is 0. The van der Waals surface area contributed by atoms with Crippen molar-refractivity contribution in [1.29, 1.82) is 0 Å². The second-order valence-electron chi connectivity index (χ2n) is 5.41. The molecule has 0 spiro atoms. The standard InChI is InChI=1S/C19H16N4O2/c1-12-5-7-16(18(20)23-19-22-13(2)11-25-19)17(24)15(12)8-6-14-4-3-9-21-10-14/h3-5,7,9-11,24H,1-2H3,(H2,20,22,23). The van der Waals surface area contributed by atoms with Crippen LogP contribution in [-0.4, -0.2) is 20.9 Å². The minimum Gasteiger partial charge on any atom is -0.506 e. The van der Waals surface area contributed by atoms with E-state index in [4.69, 9.17) is 10.2 Å². The molecule has 1 aromatic carbocycles. The number of nitrogens with zero attached hydrogens (tertiary/aromatic N) is 3. The average molecular weight is 332 g/mol.